The second-order valence-electron chi connectivity index (χ2n) is 14.2. The molecule has 0 heterocycles. The van der Waals surface area contributed by atoms with Gasteiger partial charge < -0.3 is 16.6 Å². The van der Waals surface area contributed by atoms with Gasteiger partial charge in [-0.25, -0.2) is 0 Å². The van der Waals surface area contributed by atoms with Crippen molar-refractivity contribution in [3.05, 3.63) is 17.4 Å². The maximum atomic E-state index is 10.2. The molecule has 5 heteroatoms. The molecule has 5 rings (SSSR count). The summed E-state index contributed by atoms with van der Waals surface area (Å²) in [7, 11) is 4.61. The molecule has 0 saturated heterocycles. The van der Waals surface area contributed by atoms with E-state index < -0.39 is 0 Å². The number of hydrogen-bond acceptors (Lipinski definition) is 2. The third-order valence-electron chi connectivity index (χ3n) is 11.7. The van der Waals surface area contributed by atoms with Crippen LogP contribution < -0.4 is 5.73 Å². The standard InChI is InChI=1S/C26H44O.C6H13N2.ClH.Pt/c1-18(2)7-5-6-8-19-10-12-23-22-11-9-20-17-21(27)13-15-26(20,4)24(22)14-16-25(19,23)3;7-5-3-1-2-4-6(5)8;;/h9,18-19,21-24,27H,5-8,10-17H2,1-4H3;5-7H,1-4,8H2;1H;/q;-1;;+2/p-1. The number of allylic oxidation sites excluding steroid dienone is 1. The number of halogens is 1. The molecule has 218 valence electrons. The average molecular weight is 716 g/mol. The van der Waals surface area contributed by atoms with E-state index in [1.54, 1.807) is 24.3 Å². The summed E-state index contributed by atoms with van der Waals surface area (Å²) in [4.78, 5) is 0. The number of aliphatic hydroxyl groups excluding tert-OH is 1. The molecule has 0 bridgehead atoms. The average Bonchev–Trinajstić information content (AvgIpc) is 3.22. The van der Waals surface area contributed by atoms with Gasteiger partial charge in [-0.1, -0.05) is 77.9 Å². The SMILES string of the molecule is CC(C)CCCCC1CCC2C3CC=C4CC(O)CCC4(C)C3CCC12C.[Cl][Pt+].[NH-]C1CCCCC1N. The summed E-state index contributed by atoms with van der Waals surface area (Å²) in [5.41, 5.74) is 15.6. The first kappa shape index (κ1) is 32.1. The van der Waals surface area contributed by atoms with Gasteiger partial charge in [0.15, 0.2) is 0 Å². The van der Waals surface area contributed by atoms with Crippen LogP contribution in [-0.2, 0) is 18.8 Å². The molecule has 5 aliphatic rings. The molecule has 0 aliphatic heterocycles. The largest absolute Gasteiger partial charge is 0.673 e. The number of nitrogens with one attached hydrogen (secondary N) is 1. The summed E-state index contributed by atoms with van der Waals surface area (Å²) in [6, 6.07) is 0.201. The fourth-order valence-corrected chi connectivity index (χ4v) is 9.33. The second-order valence-corrected chi connectivity index (χ2v) is 14.2. The number of aliphatic hydroxyl groups is 1. The number of unbranched alkanes of at least 4 members (excludes halogenated alkanes) is 1. The van der Waals surface area contributed by atoms with Gasteiger partial charge in [0.2, 0.25) is 0 Å². The van der Waals surface area contributed by atoms with Crippen LogP contribution in [0.15, 0.2) is 11.6 Å². The summed E-state index contributed by atoms with van der Waals surface area (Å²) >= 11 is 1.61. The van der Waals surface area contributed by atoms with Crippen molar-refractivity contribution in [1.29, 1.82) is 0 Å². The van der Waals surface area contributed by atoms with Crippen molar-refractivity contribution in [1.82, 2.24) is 0 Å². The van der Waals surface area contributed by atoms with Crippen molar-refractivity contribution in [2.24, 2.45) is 46.2 Å². The van der Waals surface area contributed by atoms with Gasteiger partial charge in [-0.05, 0) is 111 Å². The zero-order valence-electron chi connectivity index (χ0n) is 24.2. The van der Waals surface area contributed by atoms with Crippen molar-refractivity contribution >= 4 is 9.42 Å². The molecule has 0 aromatic heterocycles. The van der Waals surface area contributed by atoms with Crippen molar-refractivity contribution in [2.45, 2.75) is 149 Å². The molecule has 0 aromatic rings. The van der Waals surface area contributed by atoms with Gasteiger partial charge in [0.1, 0.15) is 0 Å². The van der Waals surface area contributed by atoms with Gasteiger partial charge in [-0.15, -0.1) is 6.04 Å². The van der Waals surface area contributed by atoms with Crippen LogP contribution in [0.1, 0.15) is 130 Å². The van der Waals surface area contributed by atoms with E-state index in [-0.39, 0.29) is 18.2 Å². The Bertz CT molecular complexity index is 722. The Balaban J connectivity index is 0.000000322. The van der Waals surface area contributed by atoms with Crippen LogP contribution in [0.3, 0.4) is 0 Å². The fourth-order valence-electron chi connectivity index (χ4n) is 9.33. The molecule has 4 fully saturated rings. The molecule has 5 aliphatic carbocycles. The van der Waals surface area contributed by atoms with E-state index in [4.69, 9.17) is 11.5 Å². The topological polar surface area (TPSA) is 70.0 Å². The van der Waals surface area contributed by atoms with Crippen molar-refractivity contribution in [3.8, 4) is 0 Å². The van der Waals surface area contributed by atoms with Crippen LogP contribution in [0.4, 0.5) is 0 Å². The summed E-state index contributed by atoms with van der Waals surface area (Å²) in [6.45, 7) is 9.97. The molecule has 4 N–H and O–H groups in total. The van der Waals surface area contributed by atoms with E-state index in [2.05, 4.69) is 43.2 Å². The molecule has 0 spiro atoms. The minimum atomic E-state index is -0.0727. The van der Waals surface area contributed by atoms with E-state index in [9.17, 15) is 5.11 Å². The fraction of sp³-hybridized carbons (Fsp3) is 0.938. The Labute approximate surface area is 244 Å². The molecule has 0 amide bonds. The normalized spacial score (nSPS) is 42.8. The van der Waals surface area contributed by atoms with Crippen molar-refractivity contribution in [2.75, 3.05) is 0 Å². The van der Waals surface area contributed by atoms with Gasteiger partial charge in [0.25, 0.3) is 0 Å². The number of rotatable bonds is 5. The molecule has 0 radical (unpaired) electrons. The van der Waals surface area contributed by atoms with Crippen LogP contribution in [-0.4, -0.2) is 23.3 Å². The third-order valence-corrected chi connectivity index (χ3v) is 11.7. The van der Waals surface area contributed by atoms with E-state index in [0.29, 0.717) is 10.8 Å². The summed E-state index contributed by atoms with van der Waals surface area (Å²) in [5, 5.41) is 10.2. The van der Waals surface area contributed by atoms with Crippen LogP contribution in [0.5, 0.6) is 0 Å². The quantitative estimate of drug-likeness (QED) is 0.220. The zero-order valence-corrected chi connectivity index (χ0v) is 27.3. The number of hydrogen-bond donors (Lipinski definition) is 2. The Morgan fingerprint density at radius 2 is 1.76 bits per heavy atom. The van der Waals surface area contributed by atoms with Gasteiger partial charge >= 0.3 is 28.2 Å². The Hall–Kier alpha value is 0.598. The minimum absolute atomic E-state index is 0.0312. The monoisotopic (exact) mass is 715 g/mol. The number of fused-ring (bicyclic) bond motifs is 5. The second kappa shape index (κ2) is 14.5. The molecular formula is C32H57ClN2OPt. The predicted octanol–water partition coefficient (Wildman–Crippen LogP) is 9.14. The van der Waals surface area contributed by atoms with E-state index in [1.165, 1.54) is 77.0 Å². The first-order valence-corrected chi connectivity index (χ1v) is 18.4. The Morgan fingerprint density at radius 1 is 1.03 bits per heavy atom. The molecule has 0 aromatic carbocycles. The molecule has 9 unspecified atom stereocenters. The van der Waals surface area contributed by atoms with Crippen molar-refractivity contribution in [3.63, 3.8) is 0 Å². The van der Waals surface area contributed by atoms with Crippen LogP contribution in [0.25, 0.3) is 5.73 Å². The summed E-state index contributed by atoms with van der Waals surface area (Å²) in [5.74, 6) is 4.64. The third kappa shape index (κ3) is 7.47. The Kier molecular flexibility index (Phi) is 12.6. The smallest absolute Gasteiger partial charge is 0.0123 e. The van der Waals surface area contributed by atoms with E-state index in [1.807, 2.05) is 0 Å². The van der Waals surface area contributed by atoms with Gasteiger partial charge in [0, 0.05) is 0 Å². The van der Waals surface area contributed by atoms with E-state index >= 15 is 0 Å². The van der Waals surface area contributed by atoms with Crippen LogP contribution in [0.2, 0.25) is 0 Å². The number of nitrogens with two attached hydrogens (primary N) is 1. The van der Waals surface area contributed by atoms with Gasteiger partial charge in [-0.3, -0.25) is 0 Å². The van der Waals surface area contributed by atoms with Crippen LogP contribution >= 0.6 is 9.42 Å². The summed E-state index contributed by atoms with van der Waals surface area (Å²) < 4.78 is 0. The minimum Gasteiger partial charge on any atom is -0.673 e. The van der Waals surface area contributed by atoms with E-state index in [0.717, 1.165) is 55.3 Å². The van der Waals surface area contributed by atoms with Gasteiger partial charge in [-0.2, -0.15) is 0 Å². The maximum absolute atomic E-state index is 10.2. The zero-order chi connectivity index (χ0) is 27.2. The molecule has 37 heavy (non-hydrogen) atoms. The Morgan fingerprint density at radius 3 is 2.41 bits per heavy atom. The van der Waals surface area contributed by atoms with Crippen molar-refractivity contribution < 1.29 is 23.9 Å². The van der Waals surface area contributed by atoms with Crippen LogP contribution in [0, 0.1) is 40.4 Å². The first-order chi connectivity index (χ1) is 17.6. The molecule has 3 nitrogen and oxygen atoms in total. The molecular weight excluding hydrogens is 659 g/mol. The molecule has 9 atom stereocenters. The summed E-state index contributed by atoms with van der Waals surface area (Å²) in [6.07, 6.45) is 23.3. The maximum Gasteiger partial charge on any atom is -0.0123 e. The first-order valence-electron chi connectivity index (χ1n) is 15.6. The molecule has 4 saturated carbocycles. The van der Waals surface area contributed by atoms with Gasteiger partial charge in [0.05, 0.1) is 6.10 Å². The predicted molar refractivity (Wildman–Crippen MR) is 155 cm³/mol.